The number of nitrogens with zero attached hydrogens (tertiary/aromatic N) is 9. The third-order valence-corrected chi connectivity index (χ3v) is 20.8. The summed E-state index contributed by atoms with van der Waals surface area (Å²) in [6, 6.07) is 9.12. The molecule has 4 atom stereocenters. The van der Waals surface area contributed by atoms with E-state index in [0.717, 1.165) is 67.8 Å². The van der Waals surface area contributed by atoms with Gasteiger partial charge in [0.25, 0.3) is 17.7 Å². The second-order valence-corrected chi connectivity index (χ2v) is 27.7. The van der Waals surface area contributed by atoms with Crippen LogP contribution in [0.5, 0.6) is 0 Å². The maximum Gasteiger partial charge on any atom is 0.416 e. The van der Waals surface area contributed by atoms with Gasteiger partial charge in [0.1, 0.15) is 94.8 Å². The third-order valence-electron chi connectivity index (χ3n) is 15.1. The van der Waals surface area contributed by atoms with Crippen LogP contribution >= 0.6 is 68.0 Å². The van der Waals surface area contributed by atoms with E-state index in [9.17, 15) is 53.7 Å². The van der Waals surface area contributed by atoms with Gasteiger partial charge in [-0.1, -0.05) is 44.2 Å². The first-order chi connectivity index (χ1) is 45.2. The summed E-state index contributed by atoms with van der Waals surface area (Å²) in [7, 11) is 2.91. The quantitative estimate of drug-likeness (QED) is 0.0504. The normalized spacial score (nSPS) is 18.3. The standard InChI is InChI=1S/C60H58N14O14S6/c1-26(2)43-57-73-46(38(94-57)21-86-5)50(79)63-19-41(76)70-47(48(77)28-9-7-6-8-10-28)56-68-36(24-91-56)54-66-34(22-90-54)45-31(52-67-35(23-89-52)49(78)65-33(17-40(75)61-4)55-72-44(27(3)93-55)51(80)71-43)15-16-32(64-45)53-69-39(25-92-53)74(20-42-62-18-37(88-42)59(83)84)60(85)87-30-13-11-29(12-14-30)58(81)82/h6-10,15-16,18,22-26,29-30,33,43,47-48,77H,11-14,17,19-21H2,1-5H3,(H,61,75)(H,63,79)(H,65,78)(H,70,76)(H,71,80)(H,81,82)(H,83,84)/t29-,30-,33-,43?,47-,48-/m0/s1. The van der Waals surface area contributed by atoms with Gasteiger partial charge in [0.05, 0.1) is 54.3 Å². The molecule has 11 rings (SSSR count). The molecule has 0 saturated heterocycles. The van der Waals surface area contributed by atoms with Crippen LogP contribution in [0.2, 0.25) is 0 Å². The second-order valence-electron chi connectivity index (χ2n) is 21.9. The van der Waals surface area contributed by atoms with Crippen molar-refractivity contribution in [2.45, 2.75) is 96.4 Å². The van der Waals surface area contributed by atoms with Crippen LogP contribution in [0.25, 0.3) is 43.4 Å². The van der Waals surface area contributed by atoms with Crippen molar-refractivity contribution in [3.05, 3.63) is 129 Å². The fraction of sp³-hybridized carbons (Fsp3) is 0.333. The number of benzene rings is 1. The number of aryl methyl sites for hydroxylation is 1. The summed E-state index contributed by atoms with van der Waals surface area (Å²) in [6.45, 7) is 4.46. The summed E-state index contributed by atoms with van der Waals surface area (Å²) < 4.78 is 16.8. The fourth-order valence-electron chi connectivity index (χ4n) is 10.2. The van der Waals surface area contributed by atoms with Crippen molar-refractivity contribution >= 4 is 121 Å². The first-order valence-corrected chi connectivity index (χ1v) is 34.2. The number of hydrogen-bond acceptors (Lipinski definition) is 26. The average molecular weight is 1390 g/mol. The Bertz CT molecular complexity index is 4320. The van der Waals surface area contributed by atoms with Crippen molar-refractivity contribution in [3.63, 3.8) is 0 Å². The monoisotopic (exact) mass is 1390 g/mol. The minimum atomic E-state index is -1.38. The van der Waals surface area contributed by atoms with Crippen LogP contribution in [0, 0.1) is 18.8 Å². The Morgan fingerprint density at radius 2 is 1.44 bits per heavy atom. The van der Waals surface area contributed by atoms with E-state index in [1.165, 1.54) is 30.9 Å². The number of anilines is 1. The number of carboxylic acid groups (broad SMARTS) is 2. The molecule has 34 heteroatoms. The van der Waals surface area contributed by atoms with E-state index in [4.69, 9.17) is 48.8 Å². The molecule has 10 bridgehead atoms. The van der Waals surface area contributed by atoms with Gasteiger partial charge in [-0.2, -0.15) is 0 Å². The molecule has 94 heavy (non-hydrogen) atoms. The number of fused-ring (bicyclic) bond motifs is 14. The highest BCUT2D eigenvalue weighted by Gasteiger charge is 2.35. The highest BCUT2D eigenvalue weighted by molar-refractivity contribution is 7.15. The molecular formula is C60H58N14O14S6. The summed E-state index contributed by atoms with van der Waals surface area (Å²) in [5.41, 5.74) is 2.12. The number of aromatic nitrogens is 8. The lowest BCUT2D eigenvalue weighted by Gasteiger charge is -2.28. The van der Waals surface area contributed by atoms with Crippen molar-refractivity contribution in [3.8, 4) is 43.4 Å². The average Bonchev–Trinajstić information content (AvgIpc) is 1.63. The van der Waals surface area contributed by atoms with Crippen molar-refractivity contribution in [1.29, 1.82) is 0 Å². The van der Waals surface area contributed by atoms with Crippen LogP contribution < -0.4 is 31.5 Å². The minimum absolute atomic E-state index is 0.0209. The maximum atomic E-state index is 14.4. The predicted octanol–water partition coefficient (Wildman–Crippen LogP) is 8.78. The van der Waals surface area contributed by atoms with E-state index in [1.807, 2.05) is 13.8 Å². The van der Waals surface area contributed by atoms with E-state index in [2.05, 4.69) is 31.6 Å². The maximum absolute atomic E-state index is 14.4. The summed E-state index contributed by atoms with van der Waals surface area (Å²) in [5.74, 6) is -6.75. The first-order valence-electron chi connectivity index (χ1n) is 29.0. The topological polar surface area (TPSA) is 395 Å². The second kappa shape index (κ2) is 29.0. The SMILES string of the molecule is CNC(=O)C[C@@H]1NC(=O)c2csc(n2)-c2ccc(-c3nc(N(Cc4ncc(C(=O)O)o4)C(=O)O[C@H]4CC[C@H](C(=O)O)CC4)cs3)nc2-c2csc(n2)-c2csc(n2)[C@H]([C@@H](O)c2ccccc2)NC(=O)CNC(=O)c2nc(sc2COC)C(C(C)C)NC(=O)c2nc1sc2C. The van der Waals surface area contributed by atoms with Gasteiger partial charge in [0.2, 0.25) is 23.5 Å². The van der Waals surface area contributed by atoms with Crippen molar-refractivity contribution in [2.24, 2.45) is 11.8 Å². The largest absolute Gasteiger partial charge is 0.481 e. The molecule has 1 aliphatic heterocycles. The molecule has 28 nitrogen and oxygen atoms in total. The lowest BCUT2D eigenvalue weighted by Crippen LogP contribution is -2.40. The number of aliphatic hydroxyl groups is 1. The number of aliphatic carboxylic acids is 1. The summed E-state index contributed by atoms with van der Waals surface area (Å²) in [5, 5.41) is 53.7. The smallest absolute Gasteiger partial charge is 0.416 e. The van der Waals surface area contributed by atoms with Gasteiger partial charge in [-0.05, 0) is 56.2 Å². The van der Waals surface area contributed by atoms with Gasteiger partial charge in [-0.25, -0.2) is 49.5 Å². The first kappa shape index (κ1) is 66.3. The zero-order valence-corrected chi connectivity index (χ0v) is 55.3. The number of carbonyl (C=O) groups excluding carboxylic acids is 6. The number of carboxylic acids is 2. The molecule has 8 N–H and O–H groups in total. The number of rotatable bonds is 14. The van der Waals surface area contributed by atoms with E-state index >= 15 is 0 Å². The number of pyridine rings is 1. The molecule has 9 heterocycles. The molecule has 1 saturated carbocycles. The lowest BCUT2D eigenvalue weighted by atomic mass is 9.87. The minimum Gasteiger partial charge on any atom is -0.481 e. The third kappa shape index (κ3) is 14.9. The number of aromatic carboxylic acids is 1. The fourth-order valence-corrected chi connectivity index (χ4v) is 15.7. The van der Waals surface area contributed by atoms with Crippen LogP contribution in [-0.2, 0) is 37.0 Å². The number of methoxy groups -OCH3 is 1. The van der Waals surface area contributed by atoms with Crippen LogP contribution in [-0.4, -0.2) is 130 Å². The van der Waals surface area contributed by atoms with E-state index in [-0.39, 0.29) is 58.4 Å². The summed E-state index contributed by atoms with van der Waals surface area (Å²) >= 11 is 6.86. The molecule has 1 fully saturated rings. The van der Waals surface area contributed by atoms with Gasteiger partial charge in [0.15, 0.2) is 0 Å². The number of amides is 6. The number of thiazole rings is 6. The molecule has 8 aromatic heterocycles. The number of oxazole rings is 1. The van der Waals surface area contributed by atoms with Gasteiger partial charge in [0, 0.05) is 46.1 Å². The molecule has 0 spiro atoms. The number of carbonyl (C=O) groups is 8. The Balaban J connectivity index is 0.980. The number of ether oxygens (including phenoxy) is 2. The van der Waals surface area contributed by atoms with Crippen molar-refractivity contribution in [2.75, 3.05) is 25.6 Å². The van der Waals surface area contributed by atoms with Crippen molar-refractivity contribution in [1.82, 2.24) is 66.5 Å². The van der Waals surface area contributed by atoms with E-state index in [1.54, 1.807) is 65.5 Å². The lowest BCUT2D eigenvalue weighted by molar-refractivity contribution is -0.143. The van der Waals surface area contributed by atoms with E-state index in [0.29, 0.717) is 88.7 Å². The zero-order chi connectivity index (χ0) is 66.5. The Labute approximate surface area is 558 Å². The van der Waals surface area contributed by atoms with Crippen LogP contribution in [0.1, 0.15) is 148 Å². The molecule has 0 radical (unpaired) electrons. The van der Waals surface area contributed by atoms with Gasteiger partial charge in [-0.3, -0.25) is 33.7 Å². The van der Waals surface area contributed by atoms with Crippen molar-refractivity contribution < 1.29 is 67.6 Å². The summed E-state index contributed by atoms with van der Waals surface area (Å²) in [4.78, 5) is 148. The van der Waals surface area contributed by atoms with Gasteiger partial charge in [-0.15, -0.1) is 68.0 Å². The highest BCUT2D eigenvalue weighted by Crippen LogP contribution is 2.41. The molecule has 1 aliphatic carbocycles. The zero-order valence-electron chi connectivity index (χ0n) is 50.4. The van der Waals surface area contributed by atoms with Gasteiger partial charge >= 0.3 is 18.0 Å². The molecule has 6 amide bonds. The molecule has 1 unspecified atom stereocenters. The van der Waals surface area contributed by atoms with Gasteiger partial charge < -0.3 is 55.8 Å². The van der Waals surface area contributed by atoms with E-state index < -0.39 is 103 Å². The Kier molecular flexibility index (Phi) is 20.5. The van der Waals surface area contributed by atoms with Crippen LogP contribution in [0.4, 0.5) is 10.6 Å². The Morgan fingerprint density at radius 1 is 0.723 bits per heavy atom. The summed E-state index contributed by atoms with van der Waals surface area (Å²) in [6.07, 6.45) is -0.880. The predicted molar refractivity (Wildman–Crippen MR) is 346 cm³/mol. The number of nitrogens with one attached hydrogen (secondary N) is 5. The van der Waals surface area contributed by atoms with Crippen LogP contribution in [0.3, 0.4) is 0 Å². The molecular weight excluding hydrogens is 1330 g/mol. The molecule has 1 aromatic carbocycles. The Hall–Kier alpha value is -9.16. The van der Waals surface area contributed by atoms with Crippen LogP contribution in [0.15, 0.2) is 74.6 Å². The molecule has 9 aromatic rings. The number of hydrogen-bond donors (Lipinski definition) is 8. The molecule has 2 aliphatic rings. The highest BCUT2D eigenvalue weighted by atomic mass is 32.1. The number of aliphatic hydroxyl groups excluding tert-OH is 1. The molecule has 488 valence electrons. The Morgan fingerprint density at radius 3 is 2.16 bits per heavy atom.